The number of halogens is 1. The highest BCUT2D eigenvalue weighted by atomic mass is 79.9. The van der Waals surface area contributed by atoms with Crippen LogP contribution in [0.5, 0.6) is 5.88 Å². The van der Waals surface area contributed by atoms with Crippen molar-refractivity contribution in [2.75, 3.05) is 7.11 Å². The molecule has 6 rings (SSSR count). The summed E-state index contributed by atoms with van der Waals surface area (Å²) in [6, 6.07) is 34.5. The highest BCUT2D eigenvalue weighted by Crippen LogP contribution is 2.49. The summed E-state index contributed by atoms with van der Waals surface area (Å²) in [6.07, 6.45) is 4.11. The molecule has 0 fully saturated rings. The molecule has 0 aliphatic carbocycles. The van der Waals surface area contributed by atoms with E-state index in [1.54, 1.807) is 13.3 Å². The van der Waals surface area contributed by atoms with Gasteiger partial charge in [0.05, 0.1) is 12.6 Å². The Kier molecular flexibility index (Phi) is 6.90. The maximum Gasteiger partial charge on any atom is 0.217 e. The van der Waals surface area contributed by atoms with E-state index in [9.17, 15) is 5.11 Å². The molecule has 6 aromatic rings. The Balaban J connectivity index is 1.65. The number of methoxy groups -OCH3 is 1. The average Bonchev–Trinajstić information content (AvgIpc) is 3.50. The van der Waals surface area contributed by atoms with Crippen LogP contribution in [0.1, 0.15) is 29.0 Å². The summed E-state index contributed by atoms with van der Waals surface area (Å²) < 4.78 is 8.73. The van der Waals surface area contributed by atoms with Gasteiger partial charge in [0.15, 0.2) is 0 Å². The standard InChI is InChI=1S/C33H28BrN3O2/c1-39-32-28(22-25-21-26(34)15-16-30(25)36-32)31(24-10-3-2-4-11-24)33(38,17-20-37-19-8-18-35-37)29-14-7-12-23-9-5-6-13-27(23)29/h2-16,18-19,21-22,31,38H,17,20H2,1H3. The van der Waals surface area contributed by atoms with Crippen LogP contribution in [0.15, 0.2) is 120 Å². The molecule has 2 atom stereocenters. The van der Waals surface area contributed by atoms with Crippen LogP contribution < -0.4 is 4.74 Å². The number of benzene rings is 4. The van der Waals surface area contributed by atoms with E-state index in [1.165, 1.54) is 0 Å². The molecular formula is C33H28BrN3O2. The molecule has 0 bridgehead atoms. The van der Waals surface area contributed by atoms with Gasteiger partial charge < -0.3 is 9.84 Å². The largest absolute Gasteiger partial charge is 0.481 e. The molecule has 4 aromatic carbocycles. The van der Waals surface area contributed by atoms with Crippen LogP contribution in [0.2, 0.25) is 0 Å². The van der Waals surface area contributed by atoms with Crippen molar-refractivity contribution in [2.45, 2.75) is 24.5 Å². The van der Waals surface area contributed by atoms with Crippen LogP contribution in [0, 0.1) is 0 Å². The first-order valence-electron chi connectivity index (χ1n) is 12.9. The number of aliphatic hydroxyl groups is 1. The number of aryl methyl sites for hydroxylation is 1. The molecule has 39 heavy (non-hydrogen) atoms. The summed E-state index contributed by atoms with van der Waals surface area (Å²) in [4.78, 5) is 4.89. The van der Waals surface area contributed by atoms with E-state index in [1.807, 2.05) is 77.6 Å². The topological polar surface area (TPSA) is 60.2 Å². The number of pyridine rings is 1. The molecule has 2 unspecified atom stereocenters. The van der Waals surface area contributed by atoms with Crippen LogP contribution in [0.25, 0.3) is 21.7 Å². The molecule has 194 valence electrons. The minimum atomic E-state index is -1.33. The molecule has 0 aliphatic heterocycles. The van der Waals surface area contributed by atoms with Gasteiger partial charge in [-0.1, -0.05) is 88.7 Å². The maximum atomic E-state index is 13.2. The van der Waals surface area contributed by atoms with Crippen molar-refractivity contribution >= 4 is 37.6 Å². The zero-order valence-corrected chi connectivity index (χ0v) is 23.1. The Morgan fingerprint density at radius 1 is 0.897 bits per heavy atom. The molecule has 0 saturated carbocycles. The zero-order valence-electron chi connectivity index (χ0n) is 21.5. The average molecular weight is 579 g/mol. The molecule has 0 spiro atoms. The summed E-state index contributed by atoms with van der Waals surface area (Å²) >= 11 is 3.61. The number of nitrogens with zero attached hydrogens (tertiary/aromatic N) is 3. The van der Waals surface area contributed by atoms with E-state index >= 15 is 0 Å². The number of aromatic nitrogens is 3. The molecule has 2 aromatic heterocycles. The minimum Gasteiger partial charge on any atom is -0.481 e. The van der Waals surface area contributed by atoms with E-state index < -0.39 is 11.5 Å². The second-order valence-corrected chi connectivity index (χ2v) is 10.7. The van der Waals surface area contributed by atoms with E-state index in [0.717, 1.165) is 42.8 Å². The van der Waals surface area contributed by atoms with Gasteiger partial charge in [0.2, 0.25) is 5.88 Å². The first-order chi connectivity index (χ1) is 19.1. The second kappa shape index (κ2) is 10.6. The predicted octanol–water partition coefficient (Wildman–Crippen LogP) is 7.47. The molecule has 0 radical (unpaired) electrons. The normalized spacial score (nSPS) is 13.8. The molecular weight excluding hydrogens is 550 g/mol. The van der Waals surface area contributed by atoms with Gasteiger partial charge >= 0.3 is 0 Å². The van der Waals surface area contributed by atoms with Gasteiger partial charge in [0.1, 0.15) is 5.60 Å². The summed E-state index contributed by atoms with van der Waals surface area (Å²) in [5, 5.41) is 20.6. The van der Waals surface area contributed by atoms with Crippen LogP contribution in [-0.2, 0) is 12.1 Å². The van der Waals surface area contributed by atoms with Crippen molar-refractivity contribution < 1.29 is 9.84 Å². The monoisotopic (exact) mass is 577 g/mol. The van der Waals surface area contributed by atoms with E-state index in [2.05, 4.69) is 57.4 Å². The molecule has 6 heteroatoms. The highest BCUT2D eigenvalue weighted by molar-refractivity contribution is 9.10. The lowest BCUT2D eigenvalue weighted by molar-refractivity contribution is 0.00601. The Morgan fingerprint density at radius 3 is 2.49 bits per heavy atom. The summed E-state index contributed by atoms with van der Waals surface area (Å²) in [5.41, 5.74) is 2.16. The molecule has 0 aliphatic rings. The molecule has 0 saturated heterocycles. The van der Waals surface area contributed by atoms with Gasteiger partial charge in [0, 0.05) is 46.7 Å². The third-order valence-electron chi connectivity index (χ3n) is 7.42. The van der Waals surface area contributed by atoms with Crippen molar-refractivity contribution in [2.24, 2.45) is 0 Å². The smallest absolute Gasteiger partial charge is 0.217 e. The summed E-state index contributed by atoms with van der Waals surface area (Å²) in [6.45, 7) is 0.533. The van der Waals surface area contributed by atoms with Crippen molar-refractivity contribution in [3.05, 3.63) is 137 Å². The van der Waals surface area contributed by atoms with Gasteiger partial charge in [-0.15, -0.1) is 0 Å². The number of ether oxygens (including phenoxy) is 1. The van der Waals surface area contributed by atoms with Crippen LogP contribution in [-0.4, -0.2) is 27.0 Å². The fraction of sp³-hybridized carbons (Fsp3) is 0.152. The maximum absolute atomic E-state index is 13.2. The molecule has 0 amide bonds. The van der Waals surface area contributed by atoms with Gasteiger partial charge in [-0.25, -0.2) is 4.98 Å². The Labute approximate surface area is 235 Å². The van der Waals surface area contributed by atoms with Crippen LogP contribution in [0.3, 0.4) is 0 Å². The number of hydrogen-bond acceptors (Lipinski definition) is 4. The third kappa shape index (κ3) is 4.82. The van der Waals surface area contributed by atoms with Crippen molar-refractivity contribution in [1.82, 2.24) is 14.8 Å². The molecule has 2 heterocycles. The van der Waals surface area contributed by atoms with E-state index in [-0.39, 0.29) is 0 Å². The van der Waals surface area contributed by atoms with Crippen molar-refractivity contribution in [3.63, 3.8) is 0 Å². The minimum absolute atomic E-state index is 0.419. The Morgan fingerprint density at radius 2 is 1.69 bits per heavy atom. The SMILES string of the molecule is COc1nc2ccc(Br)cc2cc1C(c1ccccc1)C(O)(CCn1cccn1)c1cccc2ccccc12. The number of fused-ring (bicyclic) bond motifs is 2. The lowest BCUT2D eigenvalue weighted by Gasteiger charge is -2.39. The van der Waals surface area contributed by atoms with Gasteiger partial charge in [0.25, 0.3) is 0 Å². The predicted molar refractivity (Wildman–Crippen MR) is 159 cm³/mol. The Bertz CT molecular complexity index is 1730. The van der Waals surface area contributed by atoms with Crippen molar-refractivity contribution in [1.29, 1.82) is 0 Å². The van der Waals surface area contributed by atoms with Gasteiger partial charge in [-0.3, -0.25) is 4.68 Å². The fourth-order valence-electron chi connectivity index (χ4n) is 5.63. The van der Waals surface area contributed by atoms with Crippen LogP contribution in [0.4, 0.5) is 0 Å². The van der Waals surface area contributed by atoms with E-state index in [4.69, 9.17) is 9.72 Å². The lowest BCUT2D eigenvalue weighted by Crippen LogP contribution is -2.36. The third-order valence-corrected chi connectivity index (χ3v) is 7.91. The van der Waals surface area contributed by atoms with Crippen molar-refractivity contribution in [3.8, 4) is 5.88 Å². The first kappa shape index (κ1) is 25.3. The summed E-state index contributed by atoms with van der Waals surface area (Å²) in [7, 11) is 1.64. The zero-order chi connectivity index (χ0) is 26.8. The summed E-state index contributed by atoms with van der Waals surface area (Å²) in [5.74, 6) is 0.0160. The Hall–Kier alpha value is -4.00. The number of rotatable bonds is 8. The fourth-order valence-corrected chi connectivity index (χ4v) is 6.01. The number of hydrogen-bond donors (Lipinski definition) is 1. The van der Waals surface area contributed by atoms with E-state index in [0.29, 0.717) is 18.8 Å². The molecule has 1 N–H and O–H groups in total. The van der Waals surface area contributed by atoms with Gasteiger partial charge in [-0.05, 0) is 52.2 Å². The molecule has 5 nitrogen and oxygen atoms in total. The van der Waals surface area contributed by atoms with Gasteiger partial charge in [-0.2, -0.15) is 5.10 Å². The highest BCUT2D eigenvalue weighted by Gasteiger charge is 2.43. The van der Waals surface area contributed by atoms with Crippen LogP contribution >= 0.6 is 15.9 Å². The second-order valence-electron chi connectivity index (χ2n) is 9.74. The first-order valence-corrected chi connectivity index (χ1v) is 13.7. The quantitative estimate of drug-likeness (QED) is 0.204. The lowest BCUT2D eigenvalue weighted by atomic mass is 9.70.